The van der Waals surface area contributed by atoms with Crippen LogP contribution < -0.4 is 4.74 Å². The summed E-state index contributed by atoms with van der Waals surface area (Å²) in [6.07, 6.45) is 4.12. The van der Waals surface area contributed by atoms with Gasteiger partial charge in [-0.25, -0.2) is 0 Å². The van der Waals surface area contributed by atoms with Crippen LogP contribution in [-0.4, -0.2) is 5.97 Å². The average molecular weight is 288 g/mol. The summed E-state index contributed by atoms with van der Waals surface area (Å²) >= 11 is 0. The Balaban J connectivity index is 1.78. The maximum Gasteiger partial charge on any atom is 0.308 e. The predicted molar refractivity (Wildman–Crippen MR) is 90.6 cm³/mol. The molecule has 0 radical (unpaired) electrons. The third kappa shape index (κ3) is 3.41. The number of esters is 1. The number of benzene rings is 3. The molecule has 0 saturated carbocycles. The van der Waals surface area contributed by atoms with E-state index in [1.54, 1.807) is 12.1 Å². The Labute approximate surface area is 129 Å². The molecular formula is C20H16O2. The molecule has 0 aromatic heterocycles. The Bertz CT molecular complexity index is 830. The largest absolute Gasteiger partial charge is 0.427 e. The zero-order valence-electron chi connectivity index (χ0n) is 12.3. The molecule has 3 aromatic carbocycles. The molecule has 108 valence electrons. The molecule has 0 N–H and O–H groups in total. The molecule has 2 heteroatoms. The Hall–Kier alpha value is -2.87. The number of ether oxygens (including phenoxy) is 1. The van der Waals surface area contributed by atoms with Gasteiger partial charge in [-0.05, 0) is 40.1 Å². The van der Waals surface area contributed by atoms with Gasteiger partial charge in [0.05, 0.1) is 0 Å². The quantitative estimate of drug-likeness (QED) is 0.388. The van der Waals surface area contributed by atoms with E-state index in [0.717, 1.165) is 11.1 Å². The summed E-state index contributed by atoms with van der Waals surface area (Å²) < 4.78 is 5.02. The highest BCUT2D eigenvalue weighted by Gasteiger charge is 1.97. The maximum atomic E-state index is 10.9. The van der Waals surface area contributed by atoms with Crippen molar-refractivity contribution in [3.05, 3.63) is 77.9 Å². The van der Waals surface area contributed by atoms with E-state index in [1.165, 1.54) is 17.7 Å². The van der Waals surface area contributed by atoms with Crippen LogP contribution in [0.2, 0.25) is 0 Å². The number of hydrogen-bond donors (Lipinski definition) is 0. The van der Waals surface area contributed by atoms with E-state index in [0.29, 0.717) is 5.75 Å². The minimum atomic E-state index is -0.306. The summed E-state index contributed by atoms with van der Waals surface area (Å²) in [5.74, 6) is 0.259. The van der Waals surface area contributed by atoms with Crippen LogP contribution in [0.25, 0.3) is 22.9 Å². The molecule has 0 atom stereocenters. The van der Waals surface area contributed by atoms with E-state index in [4.69, 9.17) is 4.74 Å². The lowest BCUT2D eigenvalue weighted by atomic mass is 10.1. The minimum absolute atomic E-state index is 0.306. The molecule has 0 aliphatic heterocycles. The van der Waals surface area contributed by atoms with E-state index in [9.17, 15) is 4.79 Å². The molecule has 22 heavy (non-hydrogen) atoms. The van der Waals surface area contributed by atoms with Crippen molar-refractivity contribution in [3.8, 4) is 5.75 Å². The molecule has 0 amide bonds. The second kappa shape index (κ2) is 6.27. The van der Waals surface area contributed by atoms with Crippen molar-refractivity contribution >= 4 is 28.9 Å². The van der Waals surface area contributed by atoms with E-state index in [2.05, 4.69) is 36.4 Å². The van der Waals surface area contributed by atoms with Crippen molar-refractivity contribution in [3.63, 3.8) is 0 Å². The van der Waals surface area contributed by atoms with Gasteiger partial charge in [0.25, 0.3) is 0 Å². The molecule has 2 nitrogen and oxygen atoms in total. The number of rotatable bonds is 3. The first kappa shape index (κ1) is 14.1. The van der Waals surface area contributed by atoms with E-state index >= 15 is 0 Å². The van der Waals surface area contributed by atoms with Gasteiger partial charge >= 0.3 is 5.97 Å². The molecule has 0 saturated heterocycles. The molecule has 0 spiro atoms. The van der Waals surface area contributed by atoms with Crippen molar-refractivity contribution in [1.29, 1.82) is 0 Å². The van der Waals surface area contributed by atoms with Crippen LogP contribution in [-0.2, 0) is 4.79 Å². The van der Waals surface area contributed by atoms with Gasteiger partial charge in [0.2, 0.25) is 0 Å². The first-order valence-corrected chi connectivity index (χ1v) is 7.16. The monoisotopic (exact) mass is 288 g/mol. The fourth-order valence-electron chi connectivity index (χ4n) is 2.32. The van der Waals surface area contributed by atoms with Gasteiger partial charge < -0.3 is 4.74 Å². The molecule has 0 aliphatic carbocycles. The summed E-state index contributed by atoms with van der Waals surface area (Å²) in [6, 6.07) is 22.1. The molecule has 0 unspecified atom stereocenters. The smallest absolute Gasteiger partial charge is 0.308 e. The Kier molecular flexibility index (Phi) is 4.01. The lowest BCUT2D eigenvalue weighted by Gasteiger charge is -2.01. The van der Waals surface area contributed by atoms with Crippen molar-refractivity contribution in [1.82, 2.24) is 0 Å². The third-order valence-electron chi connectivity index (χ3n) is 3.38. The zero-order chi connectivity index (χ0) is 15.4. The van der Waals surface area contributed by atoms with Crippen LogP contribution in [0, 0.1) is 0 Å². The van der Waals surface area contributed by atoms with Crippen molar-refractivity contribution in [2.45, 2.75) is 6.92 Å². The zero-order valence-corrected chi connectivity index (χ0v) is 12.3. The molecule has 3 rings (SSSR count). The highest BCUT2D eigenvalue weighted by atomic mass is 16.5. The number of fused-ring (bicyclic) bond motifs is 1. The second-order valence-electron chi connectivity index (χ2n) is 5.10. The second-order valence-corrected chi connectivity index (χ2v) is 5.10. The minimum Gasteiger partial charge on any atom is -0.427 e. The first-order chi connectivity index (χ1) is 10.7. The topological polar surface area (TPSA) is 26.3 Å². The Morgan fingerprint density at radius 3 is 2.18 bits per heavy atom. The molecule has 0 fully saturated rings. The predicted octanol–water partition coefficient (Wildman–Crippen LogP) is 4.94. The molecule has 0 aliphatic rings. The fraction of sp³-hybridized carbons (Fsp3) is 0.0500. The third-order valence-corrected chi connectivity index (χ3v) is 3.38. The fourth-order valence-corrected chi connectivity index (χ4v) is 2.32. The SMILES string of the molecule is CC(=O)Oc1ccc(/C=C/c2ccc3ccccc3c2)cc1. The van der Waals surface area contributed by atoms with E-state index in [1.807, 2.05) is 30.3 Å². The van der Waals surface area contributed by atoms with E-state index < -0.39 is 0 Å². The van der Waals surface area contributed by atoms with Gasteiger partial charge in [0.15, 0.2) is 0 Å². The van der Waals surface area contributed by atoms with Gasteiger partial charge in [-0.15, -0.1) is 0 Å². The van der Waals surface area contributed by atoms with Gasteiger partial charge in [-0.1, -0.05) is 60.7 Å². The molecule has 3 aromatic rings. The van der Waals surface area contributed by atoms with Crippen LogP contribution in [0.3, 0.4) is 0 Å². The summed E-state index contributed by atoms with van der Waals surface area (Å²) in [6.45, 7) is 1.40. The highest BCUT2D eigenvalue weighted by molar-refractivity contribution is 5.86. The summed E-state index contributed by atoms with van der Waals surface area (Å²) in [7, 11) is 0. The van der Waals surface area contributed by atoms with Gasteiger partial charge in [-0.3, -0.25) is 4.79 Å². The number of hydrogen-bond acceptors (Lipinski definition) is 2. The van der Waals surface area contributed by atoms with Gasteiger partial charge in [0, 0.05) is 6.92 Å². The normalized spacial score (nSPS) is 11.0. The Morgan fingerprint density at radius 2 is 1.45 bits per heavy atom. The maximum absolute atomic E-state index is 10.9. The van der Waals surface area contributed by atoms with Crippen LogP contribution >= 0.6 is 0 Å². The number of carbonyl (C=O) groups is 1. The first-order valence-electron chi connectivity index (χ1n) is 7.16. The van der Waals surface area contributed by atoms with Gasteiger partial charge in [-0.2, -0.15) is 0 Å². The average Bonchev–Trinajstić information content (AvgIpc) is 2.53. The van der Waals surface area contributed by atoms with Crippen LogP contribution in [0.15, 0.2) is 66.7 Å². The van der Waals surface area contributed by atoms with Crippen LogP contribution in [0.5, 0.6) is 5.75 Å². The molecule has 0 heterocycles. The lowest BCUT2D eigenvalue weighted by Crippen LogP contribution is -2.00. The van der Waals surface area contributed by atoms with Crippen molar-refractivity contribution < 1.29 is 9.53 Å². The summed E-state index contributed by atoms with van der Waals surface area (Å²) in [5.41, 5.74) is 2.21. The standard InChI is InChI=1S/C20H16O2/c1-15(21)22-20-12-9-16(10-13-20)6-7-17-8-11-18-4-2-3-5-19(18)14-17/h2-14H,1H3/b7-6+. The molecule has 0 bridgehead atoms. The van der Waals surface area contributed by atoms with Crippen LogP contribution in [0.4, 0.5) is 0 Å². The van der Waals surface area contributed by atoms with Crippen LogP contribution in [0.1, 0.15) is 18.1 Å². The van der Waals surface area contributed by atoms with Crippen molar-refractivity contribution in [2.24, 2.45) is 0 Å². The summed E-state index contributed by atoms with van der Waals surface area (Å²) in [4.78, 5) is 10.9. The lowest BCUT2D eigenvalue weighted by molar-refractivity contribution is -0.131. The van der Waals surface area contributed by atoms with E-state index in [-0.39, 0.29) is 5.97 Å². The molecular weight excluding hydrogens is 272 g/mol. The van der Waals surface area contributed by atoms with Crippen molar-refractivity contribution in [2.75, 3.05) is 0 Å². The Morgan fingerprint density at radius 1 is 0.818 bits per heavy atom. The number of carbonyl (C=O) groups excluding carboxylic acids is 1. The highest BCUT2D eigenvalue weighted by Crippen LogP contribution is 2.18. The summed E-state index contributed by atoms with van der Waals surface area (Å²) in [5, 5.41) is 2.47. The van der Waals surface area contributed by atoms with Gasteiger partial charge in [0.1, 0.15) is 5.75 Å².